The van der Waals surface area contributed by atoms with Crippen LogP contribution in [-0.4, -0.2) is 37.0 Å². The van der Waals surface area contributed by atoms with Gasteiger partial charge in [0.25, 0.3) is 5.91 Å². The minimum atomic E-state index is -0.693. The molecular weight excluding hydrogens is 286 g/mol. The lowest BCUT2D eigenvalue weighted by Crippen LogP contribution is -2.46. The molecule has 0 radical (unpaired) electrons. The molecule has 1 rings (SSSR count). The molecule has 120 valence electrons. The summed E-state index contributed by atoms with van der Waals surface area (Å²) in [4.78, 5) is 34.9. The summed E-state index contributed by atoms with van der Waals surface area (Å²) < 4.78 is 4.89. The van der Waals surface area contributed by atoms with E-state index in [0.717, 1.165) is 5.56 Å². The van der Waals surface area contributed by atoms with E-state index in [1.165, 1.54) is 6.07 Å². The van der Waals surface area contributed by atoms with Crippen LogP contribution < -0.4 is 16.4 Å². The van der Waals surface area contributed by atoms with Crippen LogP contribution in [0.1, 0.15) is 29.8 Å². The highest BCUT2D eigenvalue weighted by Crippen LogP contribution is 2.13. The van der Waals surface area contributed by atoms with Gasteiger partial charge in [-0.1, -0.05) is 6.07 Å². The Hall–Kier alpha value is -2.57. The van der Waals surface area contributed by atoms with Gasteiger partial charge >= 0.3 is 5.97 Å². The Kier molecular flexibility index (Phi) is 6.37. The van der Waals surface area contributed by atoms with E-state index >= 15 is 0 Å². The molecule has 7 nitrogen and oxygen atoms in total. The predicted molar refractivity (Wildman–Crippen MR) is 82.2 cm³/mol. The first-order chi connectivity index (χ1) is 10.3. The van der Waals surface area contributed by atoms with Gasteiger partial charge in [-0.15, -0.1) is 0 Å². The molecule has 0 bridgehead atoms. The quantitative estimate of drug-likeness (QED) is 0.519. The maximum atomic E-state index is 11.8. The van der Waals surface area contributed by atoms with E-state index in [-0.39, 0.29) is 11.5 Å². The standard InChI is InChI=1S/C15H21N3O4/c1-4-17-14(20)10(3)18-13(19)8-22-15(21)11-6-5-9(2)12(16)7-11/h5-7,10H,4,8,16H2,1-3H3,(H,17,20)(H,18,19)/t10-/m0/s1. The summed E-state index contributed by atoms with van der Waals surface area (Å²) in [6.45, 7) is 5.16. The van der Waals surface area contributed by atoms with Crippen molar-refractivity contribution in [1.82, 2.24) is 10.6 Å². The van der Waals surface area contributed by atoms with Gasteiger partial charge in [0.2, 0.25) is 5.91 Å². The lowest BCUT2D eigenvalue weighted by Gasteiger charge is -2.13. The first-order valence-electron chi connectivity index (χ1n) is 6.95. The first kappa shape index (κ1) is 17.5. The van der Waals surface area contributed by atoms with Crippen LogP contribution in [0.3, 0.4) is 0 Å². The number of likely N-dealkylation sites (N-methyl/N-ethyl adjacent to an activating group) is 1. The van der Waals surface area contributed by atoms with Gasteiger partial charge in [-0.3, -0.25) is 9.59 Å². The number of carbonyl (C=O) groups excluding carboxylic acids is 3. The lowest BCUT2D eigenvalue weighted by atomic mass is 10.1. The van der Waals surface area contributed by atoms with Crippen molar-refractivity contribution in [2.24, 2.45) is 0 Å². The van der Waals surface area contributed by atoms with Gasteiger partial charge in [-0.25, -0.2) is 4.79 Å². The summed E-state index contributed by atoms with van der Waals surface area (Å²) in [5, 5.41) is 5.02. The summed E-state index contributed by atoms with van der Waals surface area (Å²) in [7, 11) is 0. The molecule has 0 aliphatic rings. The molecular formula is C15H21N3O4. The third-order valence-corrected chi connectivity index (χ3v) is 2.97. The highest BCUT2D eigenvalue weighted by molar-refractivity contribution is 5.93. The molecule has 0 spiro atoms. The predicted octanol–water partition coefficient (Wildman–Crippen LogP) is 0.375. The molecule has 0 aromatic heterocycles. The second-order valence-corrected chi connectivity index (χ2v) is 4.83. The van der Waals surface area contributed by atoms with Gasteiger partial charge in [-0.2, -0.15) is 0 Å². The number of esters is 1. The molecule has 0 saturated heterocycles. The van der Waals surface area contributed by atoms with Crippen LogP contribution in [0, 0.1) is 6.92 Å². The van der Waals surface area contributed by atoms with Crippen LogP contribution in [0.2, 0.25) is 0 Å². The summed E-state index contributed by atoms with van der Waals surface area (Å²) in [5.41, 5.74) is 7.31. The number of nitrogen functional groups attached to an aromatic ring is 1. The van der Waals surface area contributed by atoms with E-state index in [2.05, 4.69) is 10.6 Å². The normalized spacial score (nSPS) is 11.4. The van der Waals surface area contributed by atoms with E-state index < -0.39 is 24.5 Å². The average molecular weight is 307 g/mol. The van der Waals surface area contributed by atoms with Gasteiger partial charge in [-0.05, 0) is 38.5 Å². The number of aryl methyl sites for hydroxylation is 1. The Morgan fingerprint density at radius 2 is 2.00 bits per heavy atom. The fourth-order valence-corrected chi connectivity index (χ4v) is 1.66. The fourth-order valence-electron chi connectivity index (χ4n) is 1.66. The summed E-state index contributed by atoms with van der Waals surface area (Å²) in [5.74, 6) is -1.49. The number of hydrogen-bond acceptors (Lipinski definition) is 5. The van der Waals surface area contributed by atoms with Crippen molar-refractivity contribution in [3.05, 3.63) is 29.3 Å². The Morgan fingerprint density at radius 3 is 2.59 bits per heavy atom. The topological polar surface area (TPSA) is 111 Å². The zero-order valence-electron chi connectivity index (χ0n) is 12.9. The largest absolute Gasteiger partial charge is 0.452 e. The molecule has 1 aromatic carbocycles. The number of carbonyl (C=O) groups is 3. The van der Waals surface area contributed by atoms with Crippen molar-refractivity contribution < 1.29 is 19.1 Å². The van der Waals surface area contributed by atoms with Crippen LogP contribution >= 0.6 is 0 Å². The monoisotopic (exact) mass is 307 g/mol. The zero-order valence-corrected chi connectivity index (χ0v) is 12.9. The Bertz CT molecular complexity index is 572. The second-order valence-electron chi connectivity index (χ2n) is 4.83. The van der Waals surface area contributed by atoms with Crippen molar-refractivity contribution in [2.75, 3.05) is 18.9 Å². The van der Waals surface area contributed by atoms with Crippen molar-refractivity contribution in [1.29, 1.82) is 0 Å². The van der Waals surface area contributed by atoms with Gasteiger partial charge in [0, 0.05) is 12.2 Å². The summed E-state index contributed by atoms with van der Waals surface area (Å²) >= 11 is 0. The van der Waals surface area contributed by atoms with Gasteiger partial charge < -0.3 is 21.1 Å². The van der Waals surface area contributed by atoms with Crippen molar-refractivity contribution in [3.8, 4) is 0 Å². The molecule has 2 amide bonds. The number of nitrogens with one attached hydrogen (secondary N) is 2. The van der Waals surface area contributed by atoms with Crippen molar-refractivity contribution >= 4 is 23.5 Å². The lowest BCUT2D eigenvalue weighted by molar-refractivity contribution is -0.130. The zero-order chi connectivity index (χ0) is 16.7. The van der Waals surface area contributed by atoms with Crippen LogP contribution in [0.5, 0.6) is 0 Å². The van der Waals surface area contributed by atoms with E-state index in [9.17, 15) is 14.4 Å². The minimum Gasteiger partial charge on any atom is -0.452 e. The van der Waals surface area contributed by atoms with E-state index in [4.69, 9.17) is 10.5 Å². The number of anilines is 1. The third-order valence-electron chi connectivity index (χ3n) is 2.97. The number of nitrogens with two attached hydrogens (primary N) is 1. The number of ether oxygens (including phenoxy) is 1. The number of hydrogen-bond donors (Lipinski definition) is 3. The van der Waals surface area contributed by atoms with E-state index in [0.29, 0.717) is 12.2 Å². The number of benzene rings is 1. The molecule has 4 N–H and O–H groups in total. The smallest absolute Gasteiger partial charge is 0.338 e. The molecule has 22 heavy (non-hydrogen) atoms. The fraction of sp³-hybridized carbons (Fsp3) is 0.400. The molecule has 0 fully saturated rings. The first-order valence-corrected chi connectivity index (χ1v) is 6.95. The van der Waals surface area contributed by atoms with Gasteiger partial charge in [0.15, 0.2) is 6.61 Å². The maximum absolute atomic E-state index is 11.8. The second kappa shape index (κ2) is 8.02. The summed E-state index contributed by atoms with van der Waals surface area (Å²) in [6, 6.07) is 4.07. The molecule has 0 heterocycles. The van der Waals surface area contributed by atoms with Crippen LogP contribution in [-0.2, 0) is 14.3 Å². The summed E-state index contributed by atoms with van der Waals surface area (Å²) in [6.07, 6.45) is 0. The minimum absolute atomic E-state index is 0.271. The Balaban J connectivity index is 2.48. The molecule has 0 saturated carbocycles. The molecule has 1 atom stereocenters. The van der Waals surface area contributed by atoms with Crippen molar-refractivity contribution in [3.63, 3.8) is 0 Å². The highest BCUT2D eigenvalue weighted by Gasteiger charge is 2.16. The molecule has 1 aromatic rings. The number of amides is 2. The van der Waals surface area contributed by atoms with Gasteiger partial charge in [0.1, 0.15) is 6.04 Å². The van der Waals surface area contributed by atoms with Crippen LogP contribution in [0.15, 0.2) is 18.2 Å². The van der Waals surface area contributed by atoms with E-state index in [1.54, 1.807) is 26.0 Å². The molecule has 0 unspecified atom stereocenters. The van der Waals surface area contributed by atoms with Crippen LogP contribution in [0.4, 0.5) is 5.69 Å². The molecule has 0 aliphatic heterocycles. The Morgan fingerprint density at radius 1 is 1.32 bits per heavy atom. The van der Waals surface area contributed by atoms with Crippen molar-refractivity contribution in [2.45, 2.75) is 26.8 Å². The maximum Gasteiger partial charge on any atom is 0.338 e. The highest BCUT2D eigenvalue weighted by atomic mass is 16.5. The van der Waals surface area contributed by atoms with Crippen LogP contribution in [0.25, 0.3) is 0 Å². The van der Waals surface area contributed by atoms with Gasteiger partial charge in [0.05, 0.1) is 5.56 Å². The Labute approximate surface area is 129 Å². The SMILES string of the molecule is CCNC(=O)[C@H](C)NC(=O)COC(=O)c1ccc(C)c(N)c1. The molecule has 0 aliphatic carbocycles. The van der Waals surface area contributed by atoms with E-state index in [1.807, 2.05) is 6.92 Å². The third kappa shape index (κ3) is 5.08. The average Bonchev–Trinajstić information content (AvgIpc) is 2.47. The molecule has 7 heteroatoms. The number of rotatable bonds is 6.